The molecule has 2 aromatic rings. The van der Waals surface area contributed by atoms with Crippen molar-refractivity contribution in [3.05, 3.63) is 58.4 Å². The normalized spacial score (nSPS) is 13.2. The van der Waals surface area contributed by atoms with Crippen molar-refractivity contribution in [3.63, 3.8) is 0 Å². The Bertz CT molecular complexity index is 751. The minimum atomic E-state index is -0.352. The second-order valence-corrected chi connectivity index (χ2v) is 5.95. The molecule has 0 radical (unpaired) electrons. The van der Waals surface area contributed by atoms with Crippen LogP contribution in [0.4, 0.5) is 4.39 Å². The Morgan fingerprint density at radius 3 is 2.83 bits per heavy atom. The third kappa shape index (κ3) is 4.17. The number of fused-ring (bicyclic) bond motifs is 1. The lowest BCUT2D eigenvalue weighted by atomic mass is 10.1. The van der Waals surface area contributed by atoms with E-state index >= 15 is 0 Å². The molecule has 1 heterocycles. The molecule has 2 aromatic carbocycles. The Balaban J connectivity index is 1.63. The standard InChI is InChI=1S/C18H17ClFNO3/c19-15-8-13(9-16-18(15)24-6-2-5-23-16)11-21-17(22)10-12-3-1-4-14(20)7-12/h1,3-4,7-9H,2,5-6,10-11H2,(H,21,22). The highest BCUT2D eigenvalue weighted by Gasteiger charge is 2.16. The molecule has 1 aliphatic rings. The van der Waals surface area contributed by atoms with Crippen LogP contribution in [0.5, 0.6) is 11.5 Å². The molecule has 0 fully saturated rings. The molecule has 1 amide bonds. The number of benzene rings is 2. The van der Waals surface area contributed by atoms with Gasteiger partial charge in [0, 0.05) is 13.0 Å². The van der Waals surface area contributed by atoms with Crippen LogP contribution in [0, 0.1) is 5.82 Å². The van der Waals surface area contributed by atoms with Crippen molar-refractivity contribution in [2.24, 2.45) is 0 Å². The molecule has 0 aliphatic carbocycles. The van der Waals surface area contributed by atoms with Crippen LogP contribution in [0.2, 0.25) is 5.02 Å². The Kier molecular flexibility index (Phi) is 5.20. The van der Waals surface area contributed by atoms with Gasteiger partial charge in [0.2, 0.25) is 5.91 Å². The number of carbonyl (C=O) groups is 1. The Hall–Kier alpha value is -2.27. The van der Waals surface area contributed by atoms with Crippen molar-refractivity contribution in [1.82, 2.24) is 5.32 Å². The number of rotatable bonds is 4. The molecule has 0 atom stereocenters. The van der Waals surface area contributed by atoms with Crippen molar-refractivity contribution in [2.45, 2.75) is 19.4 Å². The first-order valence-electron chi connectivity index (χ1n) is 7.71. The second kappa shape index (κ2) is 7.53. The van der Waals surface area contributed by atoms with Crippen LogP contribution in [0.15, 0.2) is 36.4 Å². The molecule has 1 N–H and O–H groups in total. The fourth-order valence-corrected chi connectivity index (χ4v) is 2.77. The number of nitrogens with one attached hydrogen (secondary N) is 1. The van der Waals surface area contributed by atoms with Crippen molar-refractivity contribution in [3.8, 4) is 11.5 Å². The molecule has 126 valence electrons. The second-order valence-electron chi connectivity index (χ2n) is 5.54. The summed E-state index contributed by atoms with van der Waals surface area (Å²) in [4.78, 5) is 12.0. The Labute approximate surface area is 144 Å². The molecule has 0 spiro atoms. The van der Waals surface area contributed by atoms with Crippen molar-refractivity contribution < 1.29 is 18.7 Å². The zero-order valence-electron chi connectivity index (χ0n) is 13.0. The SMILES string of the molecule is O=C(Cc1cccc(F)c1)NCc1cc(Cl)c2c(c1)OCCCO2. The number of ether oxygens (including phenoxy) is 2. The van der Waals surface area contributed by atoms with Crippen LogP contribution in [0.3, 0.4) is 0 Å². The largest absolute Gasteiger partial charge is 0.489 e. The molecule has 0 unspecified atom stereocenters. The van der Waals surface area contributed by atoms with Gasteiger partial charge >= 0.3 is 0 Å². The van der Waals surface area contributed by atoms with Gasteiger partial charge in [-0.2, -0.15) is 0 Å². The number of carbonyl (C=O) groups excluding carboxylic acids is 1. The van der Waals surface area contributed by atoms with E-state index in [0.717, 1.165) is 12.0 Å². The molecule has 1 aliphatic heterocycles. The van der Waals surface area contributed by atoms with Crippen LogP contribution >= 0.6 is 11.6 Å². The van der Waals surface area contributed by atoms with E-state index < -0.39 is 0 Å². The van der Waals surface area contributed by atoms with Crippen LogP contribution < -0.4 is 14.8 Å². The van der Waals surface area contributed by atoms with Gasteiger partial charge in [0.1, 0.15) is 5.82 Å². The summed E-state index contributed by atoms with van der Waals surface area (Å²) in [6.07, 6.45) is 0.917. The zero-order chi connectivity index (χ0) is 16.9. The monoisotopic (exact) mass is 349 g/mol. The van der Waals surface area contributed by atoms with E-state index in [-0.39, 0.29) is 18.1 Å². The van der Waals surface area contributed by atoms with Crippen LogP contribution in [-0.2, 0) is 17.8 Å². The molecule has 24 heavy (non-hydrogen) atoms. The summed E-state index contributed by atoms with van der Waals surface area (Å²) in [6, 6.07) is 9.56. The lowest BCUT2D eigenvalue weighted by Crippen LogP contribution is -2.24. The number of amides is 1. The van der Waals surface area contributed by atoms with E-state index in [9.17, 15) is 9.18 Å². The molecular weight excluding hydrogens is 333 g/mol. The van der Waals surface area contributed by atoms with Crippen LogP contribution in [0.1, 0.15) is 17.5 Å². The summed E-state index contributed by atoms with van der Waals surface area (Å²) in [5.41, 5.74) is 1.45. The molecule has 3 rings (SSSR count). The van der Waals surface area contributed by atoms with Crippen LogP contribution in [0.25, 0.3) is 0 Å². The van der Waals surface area contributed by atoms with Gasteiger partial charge in [-0.3, -0.25) is 4.79 Å². The summed E-state index contributed by atoms with van der Waals surface area (Å²) >= 11 is 6.22. The van der Waals surface area contributed by atoms with Gasteiger partial charge in [0.15, 0.2) is 11.5 Å². The first kappa shape index (κ1) is 16.6. The van der Waals surface area contributed by atoms with Gasteiger partial charge in [0.05, 0.1) is 24.7 Å². The fourth-order valence-electron chi connectivity index (χ4n) is 2.48. The number of hydrogen-bond acceptors (Lipinski definition) is 3. The maximum Gasteiger partial charge on any atom is 0.224 e. The first-order valence-corrected chi connectivity index (χ1v) is 8.09. The first-order chi connectivity index (χ1) is 11.6. The van der Waals surface area contributed by atoms with Crippen molar-refractivity contribution in [2.75, 3.05) is 13.2 Å². The molecule has 6 heteroatoms. The summed E-state index contributed by atoms with van der Waals surface area (Å²) in [7, 11) is 0. The number of halogens is 2. The van der Waals surface area contributed by atoms with E-state index in [1.807, 2.05) is 6.07 Å². The maximum absolute atomic E-state index is 13.1. The van der Waals surface area contributed by atoms with Gasteiger partial charge in [0.25, 0.3) is 0 Å². The minimum absolute atomic E-state index is 0.121. The van der Waals surface area contributed by atoms with Gasteiger partial charge < -0.3 is 14.8 Å². The maximum atomic E-state index is 13.1. The quantitative estimate of drug-likeness (QED) is 0.919. The van der Waals surface area contributed by atoms with Crippen LogP contribution in [-0.4, -0.2) is 19.1 Å². The molecule has 0 saturated heterocycles. The van der Waals surface area contributed by atoms with Crippen molar-refractivity contribution >= 4 is 17.5 Å². The zero-order valence-corrected chi connectivity index (χ0v) is 13.7. The Morgan fingerprint density at radius 2 is 2.00 bits per heavy atom. The third-order valence-corrected chi connectivity index (χ3v) is 3.89. The molecule has 0 bridgehead atoms. The fraction of sp³-hybridized carbons (Fsp3) is 0.278. The third-order valence-electron chi connectivity index (χ3n) is 3.61. The van der Waals surface area contributed by atoms with E-state index in [1.165, 1.54) is 12.1 Å². The molecular formula is C18H17ClFNO3. The highest BCUT2D eigenvalue weighted by molar-refractivity contribution is 6.32. The minimum Gasteiger partial charge on any atom is -0.489 e. The summed E-state index contributed by atoms with van der Waals surface area (Å²) in [5, 5.41) is 3.26. The van der Waals surface area contributed by atoms with E-state index in [4.69, 9.17) is 21.1 Å². The predicted molar refractivity (Wildman–Crippen MR) is 89.0 cm³/mol. The number of hydrogen-bond donors (Lipinski definition) is 1. The predicted octanol–water partition coefficient (Wildman–Crippen LogP) is 3.50. The summed E-state index contributed by atoms with van der Waals surface area (Å²) < 4.78 is 24.3. The van der Waals surface area contributed by atoms with Gasteiger partial charge in [-0.25, -0.2) is 4.39 Å². The van der Waals surface area contributed by atoms with E-state index in [0.29, 0.717) is 41.8 Å². The molecule has 4 nitrogen and oxygen atoms in total. The smallest absolute Gasteiger partial charge is 0.224 e. The van der Waals surface area contributed by atoms with E-state index in [1.54, 1.807) is 18.2 Å². The summed E-state index contributed by atoms with van der Waals surface area (Å²) in [5.74, 6) is 0.595. The topological polar surface area (TPSA) is 47.6 Å². The average molecular weight is 350 g/mol. The average Bonchev–Trinajstić information content (AvgIpc) is 2.79. The lowest BCUT2D eigenvalue weighted by Gasteiger charge is -2.12. The molecule has 0 aromatic heterocycles. The summed E-state index contributed by atoms with van der Waals surface area (Å²) in [6.45, 7) is 1.44. The Morgan fingerprint density at radius 1 is 1.17 bits per heavy atom. The highest BCUT2D eigenvalue weighted by Crippen LogP contribution is 2.37. The van der Waals surface area contributed by atoms with Crippen molar-refractivity contribution in [1.29, 1.82) is 0 Å². The lowest BCUT2D eigenvalue weighted by molar-refractivity contribution is -0.120. The van der Waals surface area contributed by atoms with Gasteiger partial charge in [-0.15, -0.1) is 0 Å². The van der Waals surface area contributed by atoms with Gasteiger partial charge in [-0.1, -0.05) is 23.7 Å². The van der Waals surface area contributed by atoms with Gasteiger partial charge in [-0.05, 0) is 35.4 Å². The van der Waals surface area contributed by atoms with E-state index in [2.05, 4.69) is 5.32 Å². The highest BCUT2D eigenvalue weighted by atomic mass is 35.5. The molecule has 0 saturated carbocycles.